The molecule has 1 aliphatic heterocycles. The van der Waals surface area contributed by atoms with E-state index in [2.05, 4.69) is 4.74 Å². The predicted octanol–water partition coefficient (Wildman–Crippen LogP) is 2.42. The average molecular weight is 369 g/mol. The average Bonchev–Trinajstić information content (AvgIpc) is 2.53. The van der Waals surface area contributed by atoms with Crippen LogP contribution in [0.5, 0.6) is 0 Å². The van der Waals surface area contributed by atoms with Gasteiger partial charge in [-0.15, -0.1) is 0 Å². The third kappa shape index (κ3) is 3.69. The fourth-order valence-electron chi connectivity index (χ4n) is 2.53. The lowest BCUT2D eigenvalue weighted by Crippen LogP contribution is -2.40. The Morgan fingerprint density at radius 2 is 1.83 bits per heavy atom. The fraction of sp³-hybridized carbons (Fsp3) is 0.500. The van der Waals surface area contributed by atoms with Gasteiger partial charge in [-0.1, -0.05) is 0 Å². The molecule has 1 aromatic rings. The van der Waals surface area contributed by atoms with Crippen LogP contribution in [-0.4, -0.2) is 38.9 Å². The first-order valence-electron chi connectivity index (χ1n) is 7.02. The summed E-state index contributed by atoms with van der Waals surface area (Å²) >= 11 is 0. The second-order valence-electron chi connectivity index (χ2n) is 5.34. The number of piperidine rings is 1. The van der Waals surface area contributed by atoms with Crippen molar-refractivity contribution >= 4 is 16.0 Å². The van der Waals surface area contributed by atoms with Gasteiger partial charge in [0.15, 0.2) is 0 Å². The number of rotatable bonds is 3. The molecule has 5 nitrogen and oxygen atoms in total. The van der Waals surface area contributed by atoms with Crippen molar-refractivity contribution in [3.8, 4) is 0 Å². The molecule has 0 aliphatic carbocycles. The molecule has 1 saturated heterocycles. The van der Waals surface area contributed by atoms with Crippen molar-refractivity contribution in [3.05, 3.63) is 29.6 Å². The van der Waals surface area contributed by atoms with Gasteiger partial charge in [0.2, 0.25) is 10.0 Å². The van der Waals surface area contributed by atoms with Crippen LogP contribution in [0.15, 0.2) is 23.1 Å². The van der Waals surface area contributed by atoms with Gasteiger partial charge in [-0.3, -0.25) is 4.79 Å². The van der Waals surface area contributed by atoms with E-state index in [4.69, 9.17) is 0 Å². The molecule has 24 heavy (non-hydrogen) atoms. The van der Waals surface area contributed by atoms with Crippen LogP contribution in [0.4, 0.5) is 17.6 Å². The van der Waals surface area contributed by atoms with Crippen molar-refractivity contribution in [2.24, 2.45) is 5.92 Å². The maximum absolute atomic E-state index is 13.3. The Bertz CT molecular complexity index is 725. The number of hydrogen-bond acceptors (Lipinski definition) is 4. The number of halogens is 4. The highest BCUT2D eigenvalue weighted by molar-refractivity contribution is 7.89. The number of hydrogen-bond donors (Lipinski definition) is 0. The number of carbonyl (C=O) groups is 1. The highest BCUT2D eigenvalue weighted by Gasteiger charge is 2.37. The molecule has 0 saturated carbocycles. The number of ether oxygens (including phenoxy) is 1. The molecule has 0 amide bonds. The van der Waals surface area contributed by atoms with Crippen LogP contribution in [-0.2, 0) is 25.7 Å². The molecule has 2 rings (SSSR count). The summed E-state index contributed by atoms with van der Waals surface area (Å²) in [4.78, 5) is 10.8. The highest BCUT2D eigenvalue weighted by Crippen LogP contribution is 2.34. The van der Waals surface area contributed by atoms with Gasteiger partial charge >= 0.3 is 12.1 Å². The first kappa shape index (κ1) is 18.7. The number of methoxy groups -OCH3 is 1. The van der Waals surface area contributed by atoms with E-state index in [0.717, 1.165) is 10.4 Å². The molecule has 0 aromatic heterocycles. The van der Waals surface area contributed by atoms with Gasteiger partial charge in [0.05, 0.1) is 23.5 Å². The summed E-state index contributed by atoms with van der Waals surface area (Å²) in [5.41, 5.74) is -1.63. The first-order valence-corrected chi connectivity index (χ1v) is 8.46. The largest absolute Gasteiger partial charge is 0.469 e. The number of alkyl halides is 3. The fourth-order valence-corrected chi connectivity index (χ4v) is 4.03. The molecular weight excluding hydrogens is 354 g/mol. The molecule has 0 atom stereocenters. The predicted molar refractivity (Wildman–Crippen MR) is 74.9 cm³/mol. The molecule has 0 spiro atoms. The minimum Gasteiger partial charge on any atom is -0.469 e. The quantitative estimate of drug-likeness (QED) is 0.606. The number of benzene rings is 1. The summed E-state index contributed by atoms with van der Waals surface area (Å²) in [6.45, 7) is -0.0539. The lowest BCUT2D eigenvalue weighted by atomic mass is 9.99. The molecular formula is C14H15F4NO4S. The molecule has 1 aliphatic rings. The van der Waals surface area contributed by atoms with Gasteiger partial charge < -0.3 is 4.74 Å². The van der Waals surface area contributed by atoms with Crippen LogP contribution in [0.1, 0.15) is 18.4 Å². The molecule has 10 heteroatoms. The second kappa shape index (κ2) is 6.67. The standard InChI is InChI=1S/C14H15F4NO4S/c1-23-13(20)9-4-6-19(7-5-9)24(21,22)10-2-3-12(15)11(8-10)14(16,17)18/h2-3,8-9H,4-7H2,1H3. The van der Waals surface area contributed by atoms with Crippen molar-refractivity contribution in [1.82, 2.24) is 4.31 Å². The molecule has 134 valence electrons. The minimum absolute atomic E-state index is 0.0270. The van der Waals surface area contributed by atoms with Crippen LogP contribution in [0.2, 0.25) is 0 Å². The van der Waals surface area contributed by atoms with Crippen molar-refractivity contribution in [1.29, 1.82) is 0 Å². The Morgan fingerprint density at radius 1 is 1.25 bits per heavy atom. The van der Waals surface area contributed by atoms with Crippen molar-refractivity contribution in [3.63, 3.8) is 0 Å². The smallest absolute Gasteiger partial charge is 0.419 e. The van der Waals surface area contributed by atoms with Crippen LogP contribution in [0.3, 0.4) is 0 Å². The van der Waals surface area contributed by atoms with E-state index < -0.39 is 44.4 Å². The summed E-state index contributed by atoms with van der Waals surface area (Å²) in [6.07, 6.45) is -4.58. The molecule has 0 unspecified atom stereocenters. The molecule has 1 fully saturated rings. The van der Waals surface area contributed by atoms with Gasteiger partial charge in [0, 0.05) is 13.1 Å². The summed E-state index contributed by atoms with van der Waals surface area (Å²) in [5, 5.41) is 0. The third-order valence-electron chi connectivity index (χ3n) is 3.87. The Morgan fingerprint density at radius 3 is 2.33 bits per heavy atom. The van der Waals surface area contributed by atoms with Crippen LogP contribution in [0.25, 0.3) is 0 Å². The van der Waals surface area contributed by atoms with Gasteiger partial charge in [0.1, 0.15) is 5.82 Å². The first-order chi connectivity index (χ1) is 11.1. The lowest BCUT2D eigenvalue weighted by molar-refractivity contribution is -0.146. The number of sulfonamides is 1. The Hall–Kier alpha value is -1.68. The zero-order valence-corrected chi connectivity index (χ0v) is 13.5. The topological polar surface area (TPSA) is 63.7 Å². The normalized spacial score (nSPS) is 17.7. The molecule has 0 bridgehead atoms. The van der Waals surface area contributed by atoms with Crippen LogP contribution >= 0.6 is 0 Å². The van der Waals surface area contributed by atoms with E-state index in [1.54, 1.807) is 0 Å². The number of esters is 1. The van der Waals surface area contributed by atoms with Gasteiger partial charge in [-0.2, -0.15) is 17.5 Å². The maximum Gasteiger partial charge on any atom is 0.419 e. The summed E-state index contributed by atoms with van der Waals surface area (Å²) in [7, 11) is -2.98. The molecule has 0 radical (unpaired) electrons. The number of nitrogens with zero attached hydrogens (tertiary/aromatic N) is 1. The Balaban J connectivity index is 2.25. The highest BCUT2D eigenvalue weighted by atomic mass is 32.2. The van der Waals surface area contributed by atoms with Crippen molar-refractivity contribution < 1.29 is 35.5 Å². The van der Waals surface area contributed by atoms with Gasteiger partial charge in [-0.05, 0) is 31.0 Å². The lowest BCUT2D eigenvalue weighted by Gasteiger charge is -2.30. The van der Waals surface area contributed by atoms with Crippen LogP contribution in [0, 0.1) is 11.7 Å². The number of carbonyl (C=O) groups excluding carboxylic acids is 1. The van der Waals surface area contributed by atoms with E-state index in [1.165, 1.54) is 7.11 Å². The SMILES string of the molecule is COC(=O)C1CCN(S(=O)(=O)c2ccc(F)c(C(F)(F)F)c2)CC1. The summed E-state index contributed by atoms with van der Waals surface area (Å²) in [5.74, 6) is -2.43. The van der Waals surface area contributed by atoms with Crippen molar-refractivity contribution in [2.45, 2.75) is 23.9 Å². The van der Waals surface area contributed by atoms with E-state index in [9.17, 15) is 30.8 Å². The minimum atomic E-state index is -4.99. The van der Waals surface area contributed by atoms with E-state index in [1.807, 2.05) is 0 Å². The Labute approximate surface area is 136 Å². The van der Waals surface area contributed by atoms with Crippen LogP contribution < -0.4 is 0 Å². The second-order valence-corrected chi connectivity index (χ2v) is 7.28. The monoisotopic (exact) mass is 369 g/mol. The zero-order valence-electron chi connectivity index (χ0n) is 12.6. The molecule has 1 aromatic carbocycles. The van der Waals surface area contributed by atoms with Crippen molar-refractivity contribution in [2.75, 3.05) is 20.2 Å². The van der Waals surface area contributed by atoms with E-state index >= 15 is 0 Å². The molecule has 0 N–H and O–H groups in total. The molecule has 1 heterocycles. The summed E-state index contributed by atoms with van der Waals surface area (Å²) in [6, 6.07) is 1.57. The maximum atomic E-state index is 13.3. The van der Waals surface area contributed by atoms with Gasteiger partial charge in [0.25, 0.3) is 0 Å². The third-order valence-corrected chi connectivity index (χ3v) is 5.76. The Kier molecular flexibility index (Phi) is 5.19. The van der Waals surface area contributed by atoms with E-state index in [0.29, 0.717) is 6.07 Å². The van der Waals surface area contributed by atoms with E-state index in [-0.39, 0.29) is 32.0 Å². The van der Waals surface area contributed by atoms with Gasteiger partial charge in [-0.25, -0.2) is 12.8 Å². The summed E-state index contributed by atoms with van der Waals surface area (Å²) < 4.78 is 82.0. The zero-order chi connectivity index (χ0) is 18.1.